The van der Waals surface area contributed by atoms with Crippen molar-refractivity contribution in [2.75, 3.05) is 6.54 Å². The van der Waals surface area contributed by atoms with Crippen LogP contribution in [-0.4, -0.2) is 29.0 Å². The van der Waals surface area contributed by atoms with Crippen molar-refractivity contribution in [3.05, 3.63) is 74.5 Å². The average molecular weight is 478 g/mol. The van der Waals surface area contributed by atoms with E-state index in [-0.39, 0.29) is 5.91 Å². The number of aromatic hydroxyl groups is 1. The van der Waals surface area contributed by atoms with Gasteiger partial charge in [-0.2, -0.15) is 0 Å². The lowest BCUT2D eigenvalue weighted by Gasteiger charge is -2.36. The molecular formula is C27H31N3O3S. The van der Waals surface area contributed by atoms with E-state index in [1.807, 2.05) is 69.5 Å². The second-order valence-electron chi connectivity index (χ2n) is 9.01. The van der Waals surface area contributed by atoms with Crippen LogP contribution >= 0.6 is 11.3 Å². The van der Waals surface area contributed by atoms with Gasteiger partial charge in [0.2, 0.25) is 0 Å². The number of hydrogen-bond acceptors (Lipinski definition) is 5. The van der Waals surface area contributed by atoms with Crippen molar-refractivity contribution < 1.29 is 14.6 Å². The minimum Gasteiger partial charge on any atom is -0.507 e. The Morgan fingerprint density at radius 1 is 1.18 bits per heavy atom. The molecule has 1 aromatic heterocycles. The van der Waals surface area contributed by atoms with E-state index < -0.39 is 5.60 Å². The first-order chi connectivity index (χ1) is 16.2. The molecule has 0 saturated carbocycles. The molecule has 1 unspecified atom stereocenters. The van der Waals surface area contributed by atoms with Gasteiger partial charge < -0.3 is 20.9 Å². The van der Waals surface area contributed by atoms with E-state index in [2.05, 4.69) is 10.3 Å². The van der Waals surface area contributed by atoms with Gasteiger partial charge in [0.15, 0.2) is 5.60 Å². The summed E-state index contributed by atoms with van der Waals surface area (Å²) in [5, 5.41) is 15.4. The number of carbonyl (C=O) groups excluding carboxylic acids is 1. The maximum absolute atomic E-state index is 13.0. The first kappa shape index (κ1) is 23.8. The SMILES string of the molecule is Cc1c(C)c2c(c(C)c1O)CCC(C)(C(=O)NCCc1ccc(N=C(N)c3cccs3)cc1)O2. The van der Waals surface area contributed by atoms with E-state index in [4.69, 9.17) is 10.5 Å². The second kappa shape index (κ2) is 9.50. The highest BCUT2D eigenvalue weighted by Crippen LogP contribution is 2.43. The number of ether oxygens (including phenoxy) is 1. The zero-order valence-electron chi connectivity index (χ0n) is 20.1. The number of rotatable bonds is 6. The van der Waals surface area contributed by atoms with Crippen LogP contribution < -0.4 is 15.8 Å². The minimum atomic E-state index is -0.939. The molecule has 0 fully saturated rings. The Bertz CT molecular complexity index is 1230. The molecule has 1 atom stereocenters. The van der Waals surface area contributed by atoms with Crippen molar-refractivity contribution >= 4 is 28.8 Å². The summed E-state index contributed by atoms with van der Waals surface area (Å²) in [4.78, 5) is 18.5. The summed E-state index contributed by atoms with van der Waals surface area (Å²) in [7, 11) is 0. The number of nitrogens with one attached hydrogen (secondary N) is 1. The molecule has 0 radical (unpaired) electrons. The van der Waals surface area contributed by atoms with E-state index in [1.54, 1.807) is 11.3 Å². The molecule has 4 N–H and O–H groups in total. The van der Waals surface area contributed by atoms with Crippen LogP contribution in [0.25, 0.3) is 0 Å². The first-order valence-electron chi connectivity index (χ1n) is 11.5. The Hall–Kier alpha value is -3.32. The van der Waals surface area contributed by atoms with Gasteiger partial charge in [0.1, 0.15) is 17.3 Å². The molecule has 6 nitrogen and oxygen atoms in total. The molecular weight excluding hydrogens is 446 g/mol. The summed E-state index contributed by atoms with van der Waals surface area (Å²) in [6, 6.07) is 11.8. The number of benzene rings is 2. The molecule has 1 aliphatic rings. The van der Waals surface area contributed by atoms with Gasteiger partial charge >= 0.3 is 0 Å². The monoisotopic (exact) mass is 477 g/mol. The van der Waals surface area contributed by atoms with E-state index in [9.17, 15) is 9.90 Å². The fourth-order valence-corrected chi connectivity index (χ4v) is 4.90. The highest BCUT2D eigenvalue weighted by molar-refractivity contribution is 7.12. The lowest BCUT2D eigenvalue weighted by atomic mass is 9.86. The number of nitrogens with zero attached hydrogens (tertiary/aromatic N) is 1. The van der Waals surface area contributed by atoms with Gasteiger partial charge in [-0.25, -0.2) is 4.99 Å². The third-order valence-corrected chi connectivity index (χ3v) is 7.55. The topological polar surface area (TPSA) is 96.9 Å². The van der Waals surface area contributed by atoms with Gasteiger partial charge in [-0.3, -0.25) is 4.79 Å². The number of carbonyl (C=O) groups is 1. The van der Waals surface area contributed by atoms with Crippen LogP contribution in [0, 0.1) is 20.8 Å². The molecule has 0 spiro atoms. The van der Waals surface area contributed by atoms with Gasteiger partial charge in [-0.05, 0) is 86.4 Å². The molecule has 1 amide bonds. The molecule has 0 bridgehead atoms. The molecule has 2 aromatic carbocycles. The summed E-state index contributed by atoms with van der Waals surface area (Å²) in [5.41, 5.74) is 10.5. The lowest BCUT2D eigenvalue weighted by molar-refractivity contribution is -0.136. The summed E-state index contributed by atoms with van der Waals surface area (Å²) in [5.74, 6) is 1.44. The number of phenolic OH excluding ortho intramolecular Hbond substituents is 1. The lowest BCUT2D eigenvalue weighted by Crippen LogP contribution is -2.51. The first-order valence-corrected chi connectivity index (χ1v) is 12.3. The molecule has 0 saturated heterocycles. The Balaban J connectivity index is 1.36. The zero-order valence-corrected chi connectivity index (χ0v) is 20.9. The Morgan fingerprint density at radius 3 is 2.59 bits per heavy atom. The quantitative estimate of drug-likeness (QED) is 0.349. The third-order valence-electron chi connectivity index (χ3n) is 6.66. The standard InChI is InChI=1S/C27H31N3O3S/c1-16-17(2)24-21(18(3)23(16)31)11-13-27(4,33-24)26(32)29-14-12-19-7-9-20(10-8-19)30-25(28)22-6-5-15-34-22/h5-10,15,31H,11-14H2,1-4H3,(H2,28,30)(H,29,32). The number of aliphatic imine (C=N–C) groups is 1. The molecule has 2 heterocycles. The van der Waals surface area contributed by atoms with Crippen molar-refractivity contribution in [3.8, 4) is 11.5 Å². The van der Waals surface area contributed by atoms with E-state index in [0.717, 1.165) is 44.1 Å². The summed E-state index contributed by atoms with van der Waals surface area (Å²) in [6.45, 7) is 8.06. The number of hydrogen-bond donors (Lipinski definition) is 3. The van der Waals surface area contributed by atoms with Crippen molar-refractivity contribution in [1.82, 2.24) is 5.32 Å². The average Bonchev–Trinajstić information content (AvgIpc) is 3.37. The van der Waals surface area contributed by atoms with Crippen LogP contribution in [-0.2, 0) is 17.6 Å². The van der Waals surface area contributed by atoms with Crippen LogP contribution in [0.1, 0.15) is 46.0 Å². The number of fused-ring (bicyclic) bond motifs is 1. The largest absolute Gasteiger partial charge is 0.507 e. The highest BCUT2D eigenvalue weighted by Gasteiger charge is 2.40. The van der Waals surface area contributed by atoms with E-state index >= 15 is 0 Å². The maximum atomic E-state index is 13.0. The van der Waals surface area contributed by atoms with Crippen LogP contribution in [0.15, 0.2) is 46.8 Å². The molecule has 0 aliphatic carbocycles. The predicted molar refractivity (Wildman–Crippen MR) is 138 cm³/mol. The number of amidine groups is 1. The summed E-state index contributed by atoms with van der Waals surface area (Å²) >= 11 is 1.56. The Labute approximate surface area is 204 Å². The van der Waals surface area contributed by atoms with Gasteiger partial charge in [0.05, 0.1) is 10.6 Å². The summed E-state index contributed by atoms with van der Waals surface area (Å²) < 4.78 is 6.27. The van der Waals surface area contributed by atoms with Crippen LogP contribution in [0.2, 0.25) is 0 Å². The van der Waals surface area contributed by atoms with E-state index in [0.29, 0.717) is 37.4 Å². The van der Waals surface area contributed by atoms with Gasteiger partial charge in [0.25, 0.3) is 5.91 Å². The number of amides is 1. The van der Waals surface area contributed by atoms with Gasteiger partial charge in [-0.1, -0.05) is 18.2 Å². The van der Waals surface area contributed by atoms with Crippen molar-refractivity contribution in [1.29, 1.82) is 0 Å². The third kappa shape index (κ3) is 4.66. The second-order valence-corrected chi connectivity index (χ2v) is 9.96. The van der Waals surface area contributed by atoms with Gasteiger partial charge in [-0.15, -0.1) is 11.3 Å². The number of thiophene rings is 1. The summed E-state index contributed by atoms with van der Waals surface area (Å²) in [6.07, 6.45) is 1.96. The number of phenols is 1. The Morgan fingerprint density at radius 2 is 1.91 bits per heavy atom. The van der Waals surface area contributed by atoms with Gasteiger partial charge in [0, 0.05) is 18.5 Å². The van der Waals surface area contributed by atoms with Crippen LogP contribution in [0.3, 0.4) is 0 Å². The van der Waals surface area contributed by atoms with Crippen molar-refractivity contribution in [2.24, 2.45) is 10.7 Å². The normalized spacial score (nSPS) is 17.7. The van der Waals surface area contributed by atoms with Crippen molar-refractivity contribution in [3.63, 3.8) is 0 Å². The molecule has 34 heavy (non-hydrogen) atoms. The van der Waals surface area contributed by atoms with Crippen LogP contribution in [0.4, 0.5) is 5.69 Å². The maximum Gasteiger partial charge on any atom is 0.263 e. The highest BCUT2D eigenvalue weighted by atomic mass is 32.1. The fraction of sp³-hybridized carbons (Fsp3) is 0.333. The van der Waals surface area contributed by atoms with E-state index in [1.165, 1.54) is 0 Å². The molecule has 7 heteroatoms. The van der Waals surface area contributed by atoms with Crippen LogP contribution in [0.5, 0.6) is 11.5 Å². The molecule has 178 valence electrons. The van der Waals surface area contributed by atoms with Crippen molar-refractivity contribution in [2.45, 2.75) is 52.6 Å². The fourth-order valence-electron chi connectivity index (χ4n) is 4.27. The number of nitrogens with two attached hydrogens (primary N) is 1. The predicted octanol–water partition coefficient (Wildman–Crippen LogP) is 4.86. The molecule has 3 aromatic rings. The smallest absolute Gasteiger partial charge is 0.263 e. The zero-order chi connectivity index (χ0) is 24.5. The molecule has 4 rings (SSSR count). The minimum absolute atomic E-state index is 0.120. The molecule has 1 aliphatic heterocycles. The Kier molecular flexibility index (Phi) is 6.66.